The van der Waals surface area contributed by atoms with Gasteiger partial charge in [-0.2, -0.15) is 0 Å². The smallest absolute Gasteiger partial charge is 0.323 e. The number of hydrogen-bond donors (Lipinski definition) is 1. The van der Waals surface area contributed by atoms with Crippen LogP contribution in [0.5, 0.6) is 0 Å². The number of hydrogen-bond acceptors (Lipinski definition) is 2. The Labute approximate surface area is 103 Å². The molecule has 1 aromatic carbocycles. The van der Waals surface area contributed by atoms with Gasteiger partial charge in [0.15, 0.2) is 0 Å². The summed E-state index contributed by atoms with van der Waals surface area (Å²) in [4.78, 5) is 12.8. The molecule has 1 aromatic rings. The molecule has 0 heterocycles. The number of benzene rings is 1. The number of carbonyl (C=O) groups is 1. The van der Waals surface area contributed by atoms with Crippen LogP contribution in [-0.2, 0) is 11.2 Å². The highest BCUT2D eigenvalue weighted by molar-refractivity contribution is 5.73. The van der Waals surface area contributed by atoms with Crippen molar-refractivity contribution in [1.82, 2.24) is 0 Å². The number of nitrogens with zero attached hydrogens (tertiary/aromatic N) is 1. The van der Waals surface area contributed by atoms with Crippen molar-refractivity contribution < 1.29 is 9.90 Å². The number of rotatable bonds is 6. The summed E-state index contributed by atoms with van der Waals surface area (Å²) in [6.07, 6.45) is 1.00. The lowest BCUT2D eigenvalue weighted by Gasteiger charge is -2.25. The number of aliphatic carboxylic acids is 1. The zero-order valence-corrected chi connectivity index (χ0v) is 10.8. The Balaban J connectivity index is 2.83. The molecule has 1 rings (SSSR count). The maximum Gasteiger partial charge on any atom is 0.323 e. The van der Waals surface area contributed by atoms with E-state index in [2.05, 4.69) is 32.9 Å². The molecule has 3 nitrogen and oxygen atoms in total. The normalized spacial score (nSPS) is 10.6. The minimum absolute atomic E-state index is 0.0592. The third kappa shape index (κ3) is 4.47. The summed E-state index contributed by atoms with van der Waals surface area (Å²) >= 11 is 0. The van der Waals surface area contributed by atoms with Gasteiger partial charge in [-0.05, 0) is 30.0 Å². The summed E-state index contributed by atoms with van der Waals surface area (Å²) in [7, 11) is 0. The highest BCUT2D eigenvalue weighted by Gasteiger charge is 2.11. The van der Waals surface area contributed by atoms with E-state index in [1.807, 2.05) is 17.0 Å². The molecule has 0 bridgehead atoms. The van der Waals surface area contributed by atoms with Crippen LogP contribution in [0.4, 0.5) is 5.69 Å². The van der Waals surface area contributed by atoms with Crippen LogP contribution in [0.3, 0.4) is 0 Å². The minimum atomic E-state index is -0.787. The molecule has 0 aliphatic rings. The summed E-state index contributed by atoms with van der Waals surface area (Å²) in [5.41, 5.74) is 2.26. The highest BCUT2D eigenvalue weighted by Crippen LogP contribution is 2.17. The average Bonchev–Trinajstić information content (AvgIpc) is 2.27. The zero-order chi connectivity index (χ0) is 12.8. The predicted molar refractivity (Wildman–Crippen MR) is 70.5 cm³/mol. The second kappa shape index (κ2) is 6.28. The third-order valence-electron chi connectivity index (χ3n) is 2.62. The Morgan fingerprint density at radius 3 is 2.29 bits per heavy atom. The Bertz CT molecular complexity index is 357. The Morgan fingerprint density at radius 1 is 1.29 bits per heavy atom. The molecular weight excluding hydrogens is 214 g/mol. The second-order valence-corrected chi connectivity index (χ2v) is 4.69. The van der Waals surface area contributed by atoms with E-state index in [9.17, 15) is 4.79 Å². The molecule has 94 valence electrons. The van der Waals surface area contributed by atoms with E-state index in [0.29, 0.717) is 5.92 Å². The van der Waals surface area contributed by atoms with Crippen molar-refractivity contribution in [3.8, 4) is 0 Å². The highest BCUT2D eigenvalue weighted by atomic mass is 16.4. The van der Waals surface area contributed by atoms with Crippen molar-refractivity contribution in [1.29, 1.82) is 0 Å². The molecule has 0 spiro atoms. The molecule has 0 aliphatic heterocycles. The Morgan fingerprint density at radius 2 is 1.88 bits per heavy atom. The van der Waals surface area contributed by atoms with Crippen LogP contribution < -0.4 is 4.90 Å². The standard InChI is InChI=1S/C14H21NO2/c1-4-12-5-7-13(8-6-12)15(9-11(2)3)10-14(16)17/h5-8,11H,4,9-10H2,1-3H3,(H,16,17). The molecule has 0 atom stereocenters. The van der Waals surface area contributed by atoms with E-state index in [1.165, 1.54) is 5.56 Å². The van der Waals surface area contributed by atoms with Gasteiger partial charge < -0.3 is 10.0 Å². The van der Waals surface area contributed by atoms with Crippen LogP contribution in [-0.4, -0.2) is 24.2 Å². The van der Waals surface area contributed by atoms with Crippen molar-refractivity contribution in [2.75, 3.05) is 18.0 Å². The summed E-state index contributed by atoms with van der Waals surface area (Å²) < 4.78 is 0. The summed E-state index contributed by atoms with van der Waals surface area (Å²) in [6.45, 7) is 7.12. The molecule has 0 aliphatic carbocycles. The number of carboxylic acids is 1. The van der Waals surface area contributed by atoms with Crippen molar-refractivity contribution in [3.63, 3.8) is 0 Å². The summed E-state index contributed by atoms with van der Waals surface area (Å²) in [5, 5.41) is 8.92. The molecule has 0 radical (unpaired) electrons. The summed E-state index contributed by atoms with van der Waals surface area (Å²) in [6, 6.07) is 8.13. The minimum Gasteiger partial charge on any atom is -0.480 e. The van der Waals surface area contributed by atoms with Crippen molar-refractivity contribution in [2.24, 2.45) is 5.92 Å². The van der Waals surface area contributed by atoms with Crippen molar-refractivity contribution in [2.45, 2.75) is 27.2 Å². The molecule has 0 fully saturated rings. The first kappa shape index (κ1) is 13.6. The van der Waals surface area contributed by atoms with E-state index >= 15 is 0 Å². The van der Waals surface area contributed by atoms with Gasteiger partial charge in [0.2, 0.25) is 0 Å². The maximum absolute atomic E-state index is 10.8. The van der Waals surface area contributed by atoms with Crippen LogP contribution in [0.25, 0.3) is 0 Å². The molecule has 0 amide bonds. The lowest BCUT2D eigenvalue weighted by Crippen LogP contribution is -2.32. The summed E-state index contributed by atoms with van der Waals surface area (Å²) in [5.74, 6) is -0.342. The molecule has 1 N–H and O–H groups in total. The molecule has 0 saturated carbocycles. The van der Waals surface area contributed by atoms with Crippen molar-refractivity contribution in [3.05, 3.63) is 29.8 Å². The quantitative estimate of drug-likeness (QED) is 0.824. The van der Waals surface area contributed by atoms with Gasteiger partial charge in [0, 0.05) is 12.2 Å². The SMILES string of the molecule is CCc1ccc(N(CC(=O)O)CC(C)C)cc1. The first-order valence-electron chi connectivity index (χ1n) is 6.08. The molecule has 0 aromatic heterocycles. The van der Waals surface area contributed by atoms with Crippen LogP contribution in [0.1, 0.15) is 26.3 Å². The first-order valence-corrected chi connectivity index (χ1v) is 6.08. The van der Waals surface area contributed by atoms with E-state index in [0.717, 1.165) is 18.7 Å². The third-order valence-corrected chi connectivity index (χ3v) is 2.62. The van der Waals surface area contributed by atoms with Gasteiger partial charge in [0.05, 0.1) is 0 Å². The molecular formula is C14H21NO2. The van der Waals surface area contributed by atoms with Gasteiger partial charge in [-0.25, -0.2) is 0 Å². The van der Waals surface area contributed by atoms with Crippen LogP contribution in [0.2, 0.25) is 0 Å². The monoisotopic (exact) mass is 235 g/mol. The van der Waals surface area contributed by atoms with Gasteiger partial charge in [-0.15, -0.1) is 0 Å². The van der Waals surface area contributed by atoms with Gasteiger partial charge in [-0.3, -0.25) is 4.79 Å². The molecule has 0 unspecified atom stereocenters. The number of aryl methyl sites for hydroxylation is 1. The van der Waals surface area contributed by atoms with Crippen LogP contribution >= 0.6 is 0 Å². The van der Waals surface area contributed by atoms with E-state index < -0.39 is 5.97 Å². The first-order chi connectivity index (χ1) is 8.02. The topological polar surface area (TPSA) is 40.5 Å². The Hall–Kier alpha value is -1.51. The molecule has 17 heavy (non-hydrogen) atoms. The largest absolute Gasteiger partial charge is 0.480 e. The predicted octanol–water partition coefficient (Wildman–Crippen LogP) is 2.80. The molecule has 3 heteroatoms. The van der Waals surface area contributed by atoms with Crippen molar-refractivity contribution >= 4 is 11.7 Å². The maximum atomic E-state index is 10.8. The fraction of sp³-hybridized carbons (Fsp3) is 0.500. The van der Waals surface area contributed by atoms with E-state index in [1.54, 1.807) is 0 Å². The zero-order valence-electron chi connectivity index (χ0n) is 10.8. The lowest BCUT2D eigenvalue weighted by molar-refractivity contribution is -0.135. The fourth-order valence-electron chi connectivity index (χ4n) is 1.81. The van der Waals surface area contributed by atoms with Crippen LogP contribution in [0, 0.1) is 5.92 Å². The number of anilines is 1. The number of carboxylic acid groups (broad SMARTS) is 1. The van der Waals surface area contributed by atoms with E-state index in [-0.39, 0.29) is 6.54 Å². The fourth-order valence-corrected chi connectivity index (χ4v) is 1.81. The molecule has 0 saturated heterocycles. The van der Waals surface area contributed by atoms with Crippen LogP contribution in [0.15, 0.2) is 24.3 Å². The second-order valence-electron chi connectivity index (χ2n) is 4.69. The Kier molecular flexibility index (Phi) is 5.01. The average molecular weight is 235 g/mol. The lowest BCUT2D eigenvalue weighted by atomic mass is 10.1. The van der Waals surface area contributed by atoms with Gasteiger partial charge in [0.1, 0.15) is 6.54 Å². The van der Waals surface area contributed by atoms with Gasteiger partial charge in [0.25, 0.3) is 0 Å². The van der Waals surface area contributed by atoms with E-state index in [4.69, 9.17) is 5.11 Å². The van der Waals surface area contributed by atoms with Gasteiger partial charge in [-0.1, -0.05) is 32.9 Å². The van der Waals surface area contributed by atoms with Gasteiger partial charge >= 0.3 is 5.97 Å².